The number of carbonyl (C=O) groups is 1. The molecule has 0 spiro atoms. The summed E-state index contributed by atoms with van der Waals surface area (Å²) in [5, 5.41) is 13.2. The van der Waals surface area contributed by atoms with Crippen LogP contribution in [0.4, 0.5) is 11.6 Å². The third kappa shape index (κ3) is 3.24. The van der Waals surface area contributed by atoms with Crippen LogP contribution in [0, 0.1) is 10.1 Å². The molecule has 0 aliphatic rings. The summed E-state index contributed by atoms with van der Waals surface area (Å²) >= 11 is 0. The van der Waals surface area contributed by atoms with E-state index >= 15 is 0 Å². The molecule has 2 aromatic heterocycles. The van der Waals surface area contributed by atoms with E-state index in [1.165, 1.54) is 6.07 Å². The van der Waals surface area contributed by atoms with Gasteiger partial charge < -0.3 is 9.73 Å². The number of benzene rings is 1. The van der Waals surface area contributed by atoms with Crippen molar-refractivity contribution >= 4 is 17.5 Å². The number of nitro groups is 1. The average Bonchev–Trinajstić information content (AvgIpc) is 3.07. The Morgan fingerprint density at radius 3 is 2.48 bits per heavy atom. The molecule has 0 aliphatic heterocycles. The zero-order chi connectivity index (χ0) is 16.2. The maximum atomic E-state index is 12.0. The van der Waals surface area contributed by atoms with Crippen molar-refractivity contribution in [3.63, 3.8) is 0 Å². The fourth-order valence-corrected chi connectivity index (χ4v) is 2.02. The van der Waals surface area contributed by atoms with E-state index in [9.17, 15) is 14.9 Å². The molecule has 7 heteroatoms. The van der Waals surface area contributed by atoms with E-state index in [4.69, 9.17) is 4.42 Å². The number of amides is 1. The number of anilines is 1. The standard InChI is InChI=1S/C16H11N3O4/c20-16(14-7-8-15(23-14)19(21)22)18-13-5-3-11(4-6-13)12-2-1-9-17-10-12/h1-10H,(H,18,20). The molecule has 7 nitrogen and oxygen atoms in total. The van der Waals surface area contributed by atoms with Gasteiger partial charge in [0.25, 0.3) is 5.91 Å². The predicted octanol–water partition coefficient (Wildman–Crippen LogP) is 3.50. The van der Waals surface area contributed by atoms with Crippen molar-refractivity contribution in [2.45, 2.75) is 0 Å². The van der Waals surface area contributed by atoms with Crippen LogP contribution in [0.2, 0.25) is 0 Å². The zero-order valence-corrected chi connectivity index (χ0v) is 11.8. The minimum atomic E-state index is -0.695. The van der Waals surface area contributed by atoms with Crippen molar-refractivity contribution in [3.8, 4) is 11.1 Å². The molecule has 23 heavy (non-hydrogen) atoms. The molecule has 1 amide bonds. The van der Waals surface area contributed by atoms with Gasteiger partial charge in [-0.2, -0.15) is 0 Å². The molecule has 0 atom stereocenters. The van der Waals surface area contributed by atoms with Crippen molar-refractivity contribution in [3.05, 3.63) is 76.8 Å². The molecule has 3 rings (SSSR count). The highest BCUT2D eigenvalue weighted by atomic mass is 16.6. The van der Waals surface area contributed by atoms with Crippen LogP contribution in [-0.2, 0) is 0 Å². The lowest BCUT2D eigenvalue weighted by Gasteiger charge is -2.05. The Morgan fingerprint density at radius 1 is 1.09 bits per heavy atom. The second kappa shape index (κ2) is 6.10. The van der Waals surface area contributed by atoms with Gasteiger partial charge in [0.05, 0.1) is 6.07 Å². The first kappa shape index (κ1) is 14.5. The van der Waals surface area contributed by atoms with E-state index in [2.05, 4.69) is 10.3 Å². The summed E-state index contributed by atoms with van der Waals surface area (Å²) in [6.45, 7) is 0. The molecule has 0 fully saturated rings. The topological polar surface area (TPSA) is 98.3 Å². The molecule has 1 N–H and O–H groups in total. The van der Waals surface area contributed by atoms with Crippen molar-refractivity contribution in [2.24, 2.45) is 0 Å². The van der Waals surface area contributed by atoms with Crippen LogP contribution in [0.5, 0.6) is 0 Å². The van der Waals surface area contributed by atoms with Gasteiger partial charge in [0, 0.05) is 18.1 Å². The normalized spacial score (nSPS) is 10.3. The Hall–Kier alpha value is -3.48. The van der Waals surface area contributed by atoms with Crippen LogP contribution < -0.4 is 5.32 Å². The third-order valence-electron chi connectivity index (χ3n) is 3.13. The summed E-state index contributed by atoms with van der Waals surface area (Å²) in [4.78, 5) is 25.9. The quantitative estimate of drug-likeness (QED) is 0.587. The minimum absolute atomic E-state index is 0.118. The number of pyridine rings is 1. The Morgan fingerprint density at radius 2 is 1.87 bits per heavy atom. The molecule has 0 radical (unpaired) electrons. The van der Waals surface area contributed by atoms with Gasteiger partial charge in [-0.3, -0.25) is 19.9 Å². The van der Waals surface area contributed by atoms with Gasteiger partial charge in [0.15, 0.2) is 5.76 Å². The molecule has 0 saturated heterocycles. The van der Waals surface area contributed by atoms with Crippen LogP contribution in [0.25, 0.3) is 11.1 Å². The van der Waals surface area contributed by atoms with Gasteiger partial charge in [0.1, 0.15) is 4.92 Å². The zero-order valence-electron chi connectivity index (χ0n) is 11.8. The lowest BCUT2D eigenvalue weighted by atomic mass is 10.1. The maximum Gasteiger partial charge on any atom is 0.433 e. The summed E-state index contributed by atoms with van der Waals surface area (Å²) in [5.74, 6) is -1.14. The number of hydrogen-bond donors (Lipinski definition) is 1. The van der Waals surface area contributed by atoms with E-state index < -0.39 is 16.7 Å². The first-order valence-electron chi connectivity index (χ1n) is 6.69. The molecule has 3 aromatic rings. The van der Waals surface area contributed by atoms with Gasteiger partial charge in [-0.15, -0.1) is 0 Å². The van der Waals surface area contributed by atoms with Crippen molar-refractivity contribution in [2.75, 3.05) is 5.32 Å². The molecule has 114 valence electrons. The highest BCUT2D eigenvalue weighted by Crippen LogP contribution is 2.21. The summed E-state index contributed by atoms with van der Waals surface area (Å²) in [5.41, 5.74) is 2.48. The van der Waals surface area contributed by atoms with Gasteiger partial charge in [-0.05, 0) is 35.4 Å². The van der Waals surface area contributed by atoms with E-state index in [1.807, 2.05) is 24.3 Å². The van der Waals surface area contributed by atoms with Gasteiger partial charge >= 0.3 is 5.88 Å². The summed E-state index contributed by atoms with van der Waals surface area (Å²) in [7, 11) is 0. The second-order valence-corrected chi connectivity index (χ2v) is 4.67. The van der Waals surface area contributed by atoms with Gasteiger partial charge in [-0.25, -0.2) is 0 Å². The smallest absolute Gasteiger partial charge is 0.395 e. The number of furan rings is 1. The molecule has 0 aliphatic carbocycles. The Labute approximate surface area is 130 Å². The monoisotopic (exact) mass is 309 g/mol. The Kier molecular flexibility index (Phi) is 3.84. The van der Waals surface area contributed by atoms with Crippen molar-refractivity contribution in [1.82, 2.24) is 4.98 Å². The number of hydrogen-bond acceptors (Lipinski definition) is 5. The van der Waals surface area contributed by atoms with Crippen LogP contribution in [-0.4, -0.2) is 15.8 Å². The summed E-state index contributed by atoms with van der Waals surface area (Å²) in [6.07, 6.45) is 3.44. The lowest BCUT2D eigenvalue weighted by molar-refractivity contribution is -0.402. The fourth-order valence-electron chi connectivity index (χ4n) is 2.02. The number of aromatic nitrogens is 1. The Bertz CT molecular complexity index is 841. The van der Waals surface area contributed by atoms with Crippen LogP contribution >= 0.6 is 0 Å². The van der Waals surface area contributed by atoms with Crippen LogP contribution in [0.3, 0.4) is 0 Å². The molecule has 0 unspecified atom stereocenters. The van der Waals surface area contributed by atoms with Crippen molar-refractivity contribution < 1.29 is 14.1 Å². The highest BCUT2D eigenvalue weighted by Gasteiger charge is 2.17. The maximum absolute atomic E-state index is 12.0. The summed E-state index contributed by atoms with van der Waals surface area (Å²) in [6, 6.07) is 13.3. The Balaban J connectivity index is 1.72. The van der Waals surface area contributed by atoms with E-state index in [0.29, 0.717) is 5.69 Å². The molecule has 1 aromatic carbocycles. The average molecular weight is 309 g/mol. The molecule has 2 heterocycles. The van der Waals surface area contributed by atoms with Gasteiger partial charge in [-0.1, -0.05) is 18.2 Å². The third-order valence-corrected chi connectivity index (χ3v) is 3.13. The number of nitrogens with zero attached hydrogens (tertiary/aromatic N) is 2. The fraction of sp³-hybridized carbons (Fsp3) is 0. The van der Waals surface area contributed by atoms with E-state index in [1.54, 1.807) is 24.5 Å². The number of carbonyl (C=O) groups excluding carboxylic acids is 1. The molecule has 0 saturated carbocycles. The minimum Gasteiger partial charge on any atom is -0.395 e. The lowest BCUT2D eigenvalue weighted by Crippen LogP contribution is -2.10. The molecular formula is C16H11N3O4. The number of rotatable bonds is 4. The SMILES string of the molecule is O=C(Nc1ccc(-c2cccnc2)cc1)c1ccc([N+](=O)[O-])o1. The first-order chi connectivity index (χ1) is 11.1. The van der Waals surface area contributed by atoms with E-state index in [-0.39, 0.29) is 5.76 Å². The predicted molar refractivity (Wildman–Crippen MR) is 83.0 cm³/mol. The largest absolute Gasteiger partial charge is 0.433 e. The molecular weight excluding hydrogens is 298 g/mol. The molecule has 0 bridgehead atoms. The second-order valence-electron chi connectivity index (χ2n) is 4.67. The highest BCUT2D eigenvalue weighted by molar-refractivity contribution is 6.02. The van der Waals surface area contributed by atoms with Crippen molar-refractivity contribution in [1.29, 1.82) is 0 Å². The first-order valence-corrected chi connectivity index (χ1v) is 6.69. The summed E-state index contributed by atoms with van der Waals surface area (Å²) < 4.78 is 4.85. The van der Waals surface area contributed by atoms with Crippen LogP contribution in [0.1, 0.15) is 10.6 Å². The number of nitrogens with one attached hydrogen (secondary N) is 1. The van der Waals surface area contributed by atoms with Gasteiger partial charge in [0.2, 0.25) is 0 Å². The van der Waals surface area contributed by atoms with Crippen LogP contribution in [0.15, 0.2) is 65.3 Å². The van der Waals surface area contributed by atoms with E-state index in [0.717, 1.165) is 17.2 Å².